The van der Waals surface area contributed by atoms with E-state index in [1.807, 2.05) is 12.1 Å². The summed E-state index contributed by atoms with van der Waals surface area (Å²) in [4.78, 5) is 25.0. The van der Waals surface area contributed by atoms with Crippen LogP contribution in [-0.4, -0.2) is 50.1 Å². The maximum absolute atomic E-state index is 12.5. The Kier molecular flexibility index (Phi) is 2.72. The summed E-state index contributed by atoms with van der Waals surface area (Å²) in [6, 6.07) is 5.44. The first-order chi connectivity index (χ1) is 9.51. The lowest BCUT2D eigenvalue weighted by Gasteiger charge is -2.19. The Morgan fingerprint density at radius 1 is 1.40 bits per heavy atom. The number of fused-ring (bicyclic) bond motifs is 1. The summed E-state index contributed by atoms with van der Waals surface area (Å²) in [5, 5.41) is 13.2. The minimum Gasteiger partial charge on any atom is -0.480 e. The fraction of sp³-hybridized carbons (Fsp3) is 0.308. The normalized spacial score (nSPS) is 22.4. The van der Waals surface area contributed by atoms with E-state index in [0.717, 1.165) is 0 Å². The monoisotopic (exact) mass is 274 g/mol. The maximum atomic E-state index is 12.5. The highest BCUT2D eigenvalue weighted by atomic mass is 16.4. The molecule has 1 fully saturated rings. The van der Waals surface area contributed by atoms with Gasteiger partial charge in [0.2, 0.25) is 0 Å². The van der Waals surface area contributed by atoms with E-state index in [4.69, 9.17) is 10.8 Å². The Bertz CT molecular complexity index is 696. The molecule has 0 saturated carbocycles. The number of carbonyl (C=O) groups excluding carboxylic acids is 1. The van der Waals surface area contributed by atoms with Crippen LogP contribution < -0.4 is 5.73 Å². The average molecular weight is 274 g/mol. The van der Waals surface area contributed by atoms with Gasteiger partial charge < -0.3 is 15.7 Å². The van der Waals surface area contributed by atoms with E-state index in [1.165, 1.54) is 11.1 Å². The fourth-order valence-corrected chi connectivity index (χ4v) is 2.45. The number of nitrogens with two attached hydrogens (primary N) is 1. The van der Waals surface area contributed by atoms with Gasteiger partial charge in [0, 0.05) is 19.3 Å². The number of aromatic nitrogens is 2. The molecule has 0 aliphatic carbocycles. The number of aliphatic carboxylic acids is 1. The molecule has 2 aromatic rings. The molecular formula is C13H14N4O3. The minimum absolute atomic E-state index is 0.0192. The topological polar surface area (TPSA) is 101 Å². The molecule has 104 valence electrons. The van der Waals surface area contributed by atoms with Crippen molar-refractivity contribution in [3.63, 3.8) is 0 Å². The summed E-state index contributed by atoms with van der Waals surface area (Å²) in [7, 11) is 0. The minimum atomic E-state index is -1.35. The zero-order chi connectivity index (χ0) is 14.3. The van der Waals surface area contributed by atoms with Gasteiger partial charge in [-0.2, -0.15) is 5.10 Å². The van der Waals surface area contributed by atoms with Crippen LogP contribution in [0.2, 0.25) is 0 Å². The first-order valence-electron chi connectivity index (χ1n) is 6.25. The number of likely N-dealkylation sites (tertiary alicyclic amines) is 1. The summed E-state index contributed by atoms with van der Waals surface area (Å²) in [5.41, 5.74) is 5.59. The highest BCUT2D eigenvalue weighted by Gasteiger charge is 2.43. The quantitative estimate of drug-likeness (QED) is 0.800. The van der Waals surface area contributed by atoms with Gasteiger partial charge in [-0.15, -0.1) is 0 Å². The second-order valence-electron chi connectivity index (χ2n) is 5.03. The van der Waals surface area contributed by atoms with Crippen LogP contribution in [0.15, 0.2) is 30.6 Å². The fourth-order valence-electron chi connectivity index (χ4n) is 2.45. The van der Waals surface area contributed by atoms with Crippen molar-refractivity contribution in [3.05, 3.63) is 36.2 Å². The van der Waals surface area contributed by atoms with Crippen molar-refractivity contribution in [3.8, 4) is 0 Å². The van der Waals surface area contributed by atoms with Crippen molar-refractivity contribution in [2.45, 2.75) is 12.0 Å². The number of carboxylic acids is 1. The van der Waals surface area contributed by atoms with Gasteiger partial charge in [-0.1, -0.05) is 6.07 Å². The van der Waals surface area contributed by atoms with E-state index in [2.05, 4.69) is 5.10 Å². The highest BCUT2D eigenvalue weighted by molar-refractivity contribution is 6.01. The van der Waals surface area contributed by atoms with Crippen LogP contribution in [0.5, 0.6) is 0 Å². The Balaban J connectivity index is 1.89. The molecule has 0 bridgehead atoms. The molecule has 0 spiro atoms. The lowest BCUT2D eigenvalue weighted by molar-refractivity contribution is -0.142. The number of hydrogen-bond donors (Lipinski definition) is 2. The Labute approximate surface area is 114 Å². The molecule has 1 amide bonds. The number of rotatable bonds is 2. The van der Waals surface area contributed by atoms with Gasteiger partial charge in [0.05, 0.1) is 17.3 Å². The number of carboxylic acid groups (broad SMARTS) is 1. The zero-order valence-electron chi connectivity index (χ0n) is 10.7. The predicted octanol–water partition coefficient (Wildman–Crippen LogP) is -0.0377. The van der Waals surface area contributed by atoms with Gasteiger partial charge in [-0.25, -0.2) is 4.52 Å². The van der Waals surface area contributed by atoms with Crippen LogP contribution in [0.25, 0.3) is 5.52 Å². The molecule has 1 aliphatic rings. The van der Waals surface area contributed by atoms with Crippen LogP contribution in [0.4, 0.5) is 0 Å². The van der Waals surface area contributed by atoms with Gasteiger partial charge in [0.1, 0.15) is 5.54 Å². The van der Waals surface area contributed by atoms with E-state index in [1.54, 1.807) is 16.8 Å². The molecule has 1 atom stereocenters. The van der Waals surface area contributed by atoms with Gasteiger partial charge in [-0.05, 0) is 18.6 Å². The van der Waals surface area contributed by atoms with Crippen molar-refractivity contribution >= 4 is 17.4 Å². The third-order valence-electron chi connectivity index (χ3n) is 3.67. The molecule has 3 N–H and O–H groups in total. The molecule has 1 aliphatic heterocycles. The van der Waals surface area contributed by atoms with Crippen LogP contribution in [0.1, 0.15) is 16.8 Å². The molecule has 2 aromatic heterocycles. The first-order valence-corrected chi connectivity index (χ1v) is 6.25. The Hall–Kier alpha value is -2.41. The summed E-state index contributed by atoms with van der Waals surface area (Å²) in [5.74, 6) is -1.31. The second-order valence-corrected chi connectivity index (χ2v) is 5.03. The zero-order valence-corrected chi connectivity index (χ0v) is 10.7. The van der Waals surface area contributed by atoms with Crippen molar-refractivity contribution in [2.75, 3.05) is 13.1 Å². The van der Waals surface area contributed by atoms with Crippen LogP contribution in [-0.2, 0) is 4.79 Å². The maximum Gasteiger partial charge on any atom is 0.325 e. The van der Waals surface area contributed by atoms with Crippen molar-refractivity contribution in [2.24, 2.45) is 5.73 Å². The highest BCUT2D eigenvalue weighted by Crippen LogP contribution is 2.22. The molecule has 7 nitrogen and oxygen atoms in total. The molecule has 0 aromatic carbocycles. The van der Waals surface area contributed by atoms with Gasteiger partial charge in [-0.3, -0.25) is 9.59 Å². The largest absolute Gasteiger partial charge is 0.480 e. The predicted molar refractivity (Wildman–Crippen MR) is 70.3 cm³/mol. The first kappa shape index (κ1) is 12.6. The van der Waals surface area contributed by atoms with Crippen molar-refractivity contribution in [1.82, 2.24) is 14.5 Å². The number of pyridine rings is 1. The van der Waals surface area contributed by atoms with Gasteiger partial charge in [0.15, 0.2) is 0 Å². The second kappa shape index (κ2) is 4.31. The smallest absolute Gasteiger partial charge is 0.325 e. The van der Waals surface area contributed by atoms with E-state index < -0.39 is 11.5 Å². The molecule has 1 unspecified atom stereocenters. The summed E-state index contributed by atoms with van der Waals surface area (Å²) < 4.78 is 1.61. The SMILES string of the molecule is NC1(C(=O)O)CCN(C(=O)c2cnn3ccccc23)C1. The molecule has 1 saturated heterocycles. The van der Waals surface area contributed by atoms with Crippen molar-refractivity contribution in [1.29, 1.82) is 0 Å². The Morgan fingerprint density at radius 3 is 2.90 bits per heavy atom. The molecule has 7 heteroatoms. The van der Waals surface area contributed by atoms with Gasteiger partial charge in [0.25, 0.3) is 5.91 Å². The molecule has 0 radical (unpaired) electrons. The van der Waals surface area contributed by atoms with Gasteiger partial charge >= 0.3 is 5.97 Å². The molecule has 20 heavy (non-hydrogen) atoms. The summed E-state index contributed by atoms with van der Waals surface area (Å²) in [6.45, 7) is 0.358. The van der Waals surface area contributed by atoms with Crippen LogP contribution in [0.3, 0.4) is 0 Å². The third kappa shape index (κ3) is 1.83. The van der Waals surface area contributed by atoms with E-state index in [9.17, 15) is 9.59 Å². The Morgan fingerprint density at radius 2 is 2.20 bits per heavy atom. The number of carbonyl (C=O) groups is 2. The molecule has 3 heterocycles. The average Bonchev–Trinajstić information content (AvgIpc) is 3.03. The van der Waals surface area contributed by atoms with Crippen LogP contribution in [0, 0.1) is 0 Å². The van der Waals surface area contributed by atoms with E-state index >= 15 is 0 Å². The number of nitrogens with zero attached hydrogens (tertiary/aromatic N) is 3. The summed E-state index contributed by atoms with van der Waals surface area (Å²) >= 11 is 0. The summed E-state index contributed by atoms with van der Waals surface area (Å²) in [6.07, 6.45) is 3.50. The van der Waals surface area contributed by atoms with Crippen LogP contribution >= 0.6 is 0 Å². The van der Waals surface area contributed by atoms with E-state index in [-0.39, 0.29) is 18.9 Å². The standard InChI is InChI=1S/C13H14N4O3/c14-13(12(19)20)4-6-16(8-13)11(18)9-7-15-17-5-2-1-3-10(9)17/h1-3,5,7H,4,6,8,14H2,(H,19,20). The molecular weight excluding hydrogens is 260 g/mol. The van der Waals surface area contributed by atoms with Crippen molar-refractivity contribution < 1.29 is 14.7 Å². The number of amides is 1. The third-order valence-corrected chi connectivity index (χ3v) is 3.67. The lowest BCUT2D eigenvalue weighted by Crippen LogP contribution is -2.50. The van der Waals surface area contributed by atoms with E-state index in [0.29, 0.717) is 17.6 Å². The number of hydrogen-bond acceptors (Lipinski definition) is 4. The lowest BCUT2D eigenvalue weighted by atomic mass is 10.0. The molecule has 3 rings (SSSR count).